The molecule has 21 heavy (non-hydrogen) atoms. The molecule has 1 amide bonds. The first-order valence-electron chi connectivity index (χ1n) is 6.36. The number of aryl methyl sites for hydroxylation is 2. The number of amides is 1. The van der Waals surface area contributed by atoms with E-state index in [-0.39, 0.29) is 6.61 Å². The molecule has 1 N–H and O–H groups in total. The number of carbonyl (C=O) groups excluding carboxylic acids is 2. The Morgan fingerprint density at radius 2 is 1.95 bits per heavy atom. The molecular formula is C14H16N4O3. The molecule has 2 aromatic heterocycles. The van der Waals surface area contributed by atoms with Crippen LogP contribution in [0.4, 0.5) is 5.69 Å². The monoisotopic (exact) mass is 288 g/mol. The number of ether oxygens (including phenoxy) is 1. The van der Waals surface area contributed by atoms with E-state index < -0.39 is 11.9 Å². The molecule has 2 heterocycles. The van der Waals surface area contributed by atoms with Crippen LogP contribution in [0.15, 0.2) is 24.5 Å². The minimum Gasteiger partial charge on any atom is -0.452 e. The van der Waals surface area contributed by atoms with Gasteiger partial charge in [-0.3, -0.25) is 14.5 Å². The summed E-state index contributed by atoms with van der Waals surface area (Å²) >= 11 is 0. The predicted molar refractivity (Wildman–Crippen MR) is 75.8 cm³/mol. The standard InChI is InChI=1S/C14H16N4O3/c1-9-13(10(2)18(3)17-9)16-12(19)8-21-14(20)11-4-6-15-7-5-11/h4-7H,8H2,1-3H3,(H,16,19). The molecule has 0 saturated heterocycles. The number of pyridine rings is 1. The van der Waals surface area contributed by atoms with Crippen molar-refractivity contribution in [3.63, 3.8) is 0 Å². The second-order valence-corrected chi connectivity index (χ2v) is 4.53. The maximum Gasteiger partial charge on any atom is 0.338 e. The molecule has 7 nitrogen and oxygen atoms in total. The number of aromatic nitrogens is 3. The average molecular weight is 288 g/mol. The molecule has 2 aromatic rings. The number of nitrogens with one attached hydrogen (secondary N) is 1. The number of carbonyl (C=O) groups is 2. The molecular weight excluding hydrogens is 272 g/mol. The van der Waals surface area contributed by atoms with Gasteiger partial charge >= 0.3 is 5.97 Å². The highest BCUT2D eigenvalue weighted by molar-refractivity contribution is 5.96. The highest BCUT2D eigenvalue weighted by atomic mass is 16.5. The van der Waals surface area contributed by atoms with E-state index >= 15 is 0 Å². The summed E-state index contributed by atoms with van der Waals surface area (Å²) in [5.41, 5.74) is 2.54. The number of hydrogen-bond acceptors (Lipinski definition) is 5. The summed E-state index contributed by atoms with van der Waals surface area (Å²) in [6.45, 7) is 3.29. The first-order valence-corrected chi connectivity index (χ1v) is 6.36. The van der Waals surface area contributed by atoms with E-state index in [9.17, 15) is 9.59 Å². The van der Waals surface area contributed by atoms with Crippen molar-refractivity contribution in [2.45, 2.75) is 13.8 Å². The van der Waals surface area contributed by atoms with E-state index in [4.69, 9.17) is 4.74 Å². The Labute approximate surface area is 121 Å². The van der Waals surface area contributed by atoms with E-state index in [0.717, 1.165) is 5.69 Å². The van der Waals surface area contributed by atoms with Gasteiger partial charge in [-0.2, -0.15) is 5.10 Å². The Morgan fingerprint density at radius 1 is 1.29 bits per heavy atom. The lowest BCUT2D eigenvalue weighted by molar-refractivity contribution is -0.119. The van der Waals surface area contributed by atoms with Crippen molar-refractivity contribution in [1.82, 2.24) is 14.8 Å². The first-order chi connectivity index (χ1) is 9.99. The SMILES string of the molecule is Cc1nn(C)c(C)c1NC(=O)COC(=O)c1ccncc1. The van der Waals surface area contributed by atoms with E-state index in [1.54, 1.807) is 18.7 Å². The number of rotatable bonds is 4. The fraction of sp³-hybridized carbons (Fsp3) is 0.286. The third-order valence-corrected chi connectivity index (χ3v) is 3.02. The van der Waals surface area contributed by atoms with E-state index in [2.05, 4.69) is 15.4 Å². The van der Waals surface area contributed by atoms with Crippen LogP contribution in [0.5, 0.6) is 0 Å². The van der Waals surface area contributed by atoms with Gasteiger partial charge in [-0.15, -0.1) is 0 Å². The smallest absolute Gasteiger partial charge is 0.338 e. The average Bonchev–Trinajstić information content (AvgIpc) is 2.72. The van der Waals surface area contributed by atoms with Crippen LogP contribution in [0.2, 0.25) is 0 Å². The van der Waals surface area contributed by atoms with Crippen molar-refractivity contribution in [2.75, 3.05) is 11.9 Å². The zero-order valence-electron chi connectivity index (χ0n) is 12.1. The zero-order chi connectivity index (χ0) is 15.4. The van der Waals surface area contributed by atoms with Crippen molar-refractivity contribution in [2.24, 2.45) is 7.05 Å². The fourth-order valence-corrected chi connectivity index (χ4v) is 1.83. The molecule has 0 radical (unpaired) electrons. The molecule has 0 aliphatic heterocycles. The predicted octanol–water partition coefficient (Wildman–Crippen LogP) is 1.23. The molecule has 0 fully saturated rings. The van der Waals surface area contributed by atoms with E-state index in [1.807, 2.05) is 6.92 Å². The highest BCUT2D eigenvalue weighted by Crippen LogP contribution is 2.18. The van der Waals surface area contributed by atoms with Gasteiger partial charge in [0.25, 0.3) is 5.91 Å². The Kier molecular flexibility index (Phi) is 4.32. The Morgan fingerprint density at radius 3 is 2.52 bits per heavy atom. The normalized spacial score (nSPS) is 10.2. The summed E-state index contributed by atoms with van der Waals surface area (Å²) < 4.78 is 6.62. The lowest BCUT2D eigenvalue weighted by Crippen LogP contribution is -2.21. The van der Waals surface area contributed by atoms with E-state index in [1.165, 1.54) is 24.5 Å². The van der Waals surface area contributed by atoms with Gasteiger partial charge in [0.1, 0.15) is 0 Å². The van der Waals surface area contributed by atoms with Crippen LogP contribution >= 0.6 is 0 Å². The summed E-state index contributed by atoms with van der Waals surface area (Å²) in [5.74, 6) is -0.969. The molecule has 7 heteroatoms. The van der Waals surface area contributed by atoms with Gasteiger partial charge in [-0.05, 0) is 26.0 Å². The minimum absolute atomic E-state index is 0.352. The third-order valence-electron chi connectivity index (χ3n) is 3.02. The van der Waals surface area contributed by atoms with Gasteiger partial charge in [0, 0.05) is 19.4 Å². The van der Waals surface area contributed by atoms with Gasteiger partial charge < -0.3 is 10.1 Å². The largest absolute Gasteiger partial charge is 0.452 e. The number of anilines is 1. The molecule has 0 spiro atoms. The lowest BCUT2D eigenvalue weighted by atomic mass is 10.3. The summed E-state index contributed by atoms with van der Waals surface area (Å²) in [5, 5.41) is 6.89. The number of nitrogens with zero attached hydrogens (tertiary/aromatic N) is 3. The maximum absolute atomic E-state index is 11.8. The van der Waals surface area contributed by atoms with Gasteiger partial charge in [-0.1, -0.05) is 0 Å². The van der Waals surface area contributed by atoms with Gasteiger partial charge in [0.2, 0.25) is 0 Å². The minimum atomic E-state index is -0.563. The van der Waals surface area contributed by atoms with Crippen LogP contribution in [0.25, 0.3) is 0 Å². The lowest BCUT2D eigenvalue weighted by Gasteiger charge is -2.07. The van der Waals surface area contributed by atoms with Gasteiger partial charge in [-0.25, -0.2) is 4.79 Å². The molecule has 0 aliphatic rings. The third kappa shape index (κ3) is 3.44. The van der Waals surface area contributed by atoms with Gasteiger partial charge in [0.15, 0.2) is 6.61 Å². The van der Waals surface area contributed by atoms with Crippen molar-refractivity contribution >= 4 is 17.6 Å². The molecule has 0 atom stereocenters. The zero-order valence-corrected chi connectivity index (χ0v) is 12.1. The van der Waals surface area contributed by atoms with Crippen molar-refractivity contribution in [1.29, 1.82) is 0 Å². The topological polar surface area (TPSA) is 86.1 Å². The molecule has 0 aliphatic carbocycles. The van der Waals surface area contributed by atoms with Gasteiger partial charge in [0.05, 0.1) is 22.6 Å². The highest BCUT2D eigenvalue weighted by Gasteiger charge is 2.14. The number of hydrogen-bond donors (Lipinski definition) is 1. The molecule has 0 bridgehead atoms. The van der Waals surface area contributed by atoms with Crippen LogP contribution in [0.3, 0.4) is 0 Å². The Balaban J connectivity index is 1.92. The summed E-state index contributed by atoms with van der Waals surface area (Å²) in [4.78, 5) is 27.3. The summed E-state index contributed by atoms with van der Waals surface area (Å²) in [6.07, 6.45) is 2.97. The Hall–Kier alpha value is -2.70. The van der Waals surface area contributed by atoms with Crippen LogP contribution < -0.4 is 5.32 Å². The van der Waals surface area contributed by atoms with E-state index in [0.29, 0.717) is 16.9 Å². The molecule has 2 rings (SSSR count). The van der Waals surface area contributed by atoms with Crippen molar-refractivity contribution in [3.05, 3.63) is 41.5 Å². The molecule has 0 unspecified atom stereocenters. The van der Waals surface area contributed by atoms with Crippen molar-refractivity contribution < 1.29 is 14.3 Å². The summed E-state index contributed by atoms with van der Waals surface area (Å²) in [7, 11) is 1.79. The molecule has 110 valence electrons. The van der Waals surface area contributed by atoms with Crippen LogP contribution in [-0.4, -0.2) is 33.2 Å². The summed E-state index contributed by atoms with van der Waals surface area (Å²) in [6, 6.07) is 3.05. The van der Waals surface area contributed by atoms with Crippen LogP contribution in [-0.2, 0) is 16.6 Å². The van der Waals surface area contributed by atoms with Crippen molar-refractivity contribution in [3.8, 4) is 0 Å². The van der Waals surface area contributed by atoms with Crippen LogP contribution in [0.1, 0.15) is 21.7 Å². The quantitative estimate of drug-likeness (QED) is 0.855. The first kappa shape index (κ1) is 14.7. The molecule has 0 saturated carbocycles. The number of esters is 1. The molecule has 0 aromatic carbocycles. The van der Waals surface area contributed by atoms with Crippen LogP contribution in [0, 0.1) is 13.8 Å². The maximum atomic E-state index is 11.8. The fourth-order valence-electron chi connectivity index (χ4n) is 1.83. The second kappa shape index (κ2) is 6.17. The Bertz CT molecular complexity index is 664. The second-order valence-electron chi connectivity index (χ2n) is 4.53.